The van der Waals surface area contributed by atoms with Crippen molar-refractivity contribution < 1.29 is 17.9 Å². The minimum atomic E-state index is -3.68. The summed E-state index contributed by atoms with van der Waals surface area (Å²) in [5.41, 5.74) is 0.363. The molecule has 8 heteroatoms. The van der Waals surface area contributed by atoms with Crippen molar-refractivity contribution in [2.24, 2.45) is 0 Å². The smallest absolute Gasteiger partial charge is 0.306 e. The van der Waals surface area contributed by atoms with E-state index in [0.717, 1.165) is 4.31 Å². The van der Waals surface area contributed by atoms with Gasteiger partial charge in [0.15, 0.2) is 0 Å². The van der Waals surface area contributed by atoms with Crippen molar-refractivity contribution in [2.45, 2.75) is 6.42 Å². The first kappa shape index (κ1) is 14.4. The second-order valence-corrected chi connectivity index (χ2v) is 5.27. The Hall–Kier alpha value is -1.67. The topological polar surface area (TPSA) is 88.6 Å². The van der Waals surface area contributed by atoms with Gasteiger partial charge in [0.25, 0.3) is 0 Å². The number of anilines is 1. The van der Waals surface area contributed by atoms with Crippen molar-refractivity contribution in [3.05, 3.63) is 24.5 Å². The second-order valence-electron chi connectivity index (χ2n) is 3.50. The first-order chi connectivity index (χ1) is 8.45. The molecule has 1 aromatic heterocycles. The molecule has 0 atom stereocenters. The molecule has 0 saturated carbocycles. The molecule has 0 saturated heterocycles. The van der Waals surface area contributed by atoms with Crippen LogP contribution in [0.3, 0.4) is 0 Å². The summed E-state index contributed by atoms with van der Waals surface area (Å²) in [7, 11) is -1.05. The Morgan fingerprint density at radius 1 is 1.56 bits per heavy atom. The van der Waals surface area contributed by atoms with E-state index in [1.807, 2.05) is 0 Å². The zero-order valence-corrected chi connectivity index (χ0v) is 11.0. The van der Waals surface area contributed by atoms with Crippen LogP contribution in [-0.2, 0) is 19.7 Å². The normalized spacial score (nSPS) is 11.3. The van der Waals surface area contributed by atoms with Crippen LogP contribution in [-0.4, -0.2) is 44.4 Å². The summed E-state index contributed by atoms with van der Waals surface area (Å²) in [6, 6.07) is 3.20. The highest BCUT2D eigenvalue weighted by Gasteiger charge is 2.18. The number of rotatable bonds is 6. The number of ether oxygens (including phenoxy) is 1. The summed E-state index contributed by atoms with van der Waals surface area (Å²) in [6.07, 6.45) is 2.94. The largest absolute Gasteiger partial charge is 0.469 e. The number of hydrogen-bond acceptors (Lipinski definition) is 5. The average Bonchev–Trinajstić information content (AvgIpc) is 2.36. The van der Waals surface area contributed by atoms with Gasteiger partial charge >= 0.3 is 16.2 Å². The molecule has 7 nitrogen and oxygen atoms in total. The number of nitrogens with zero attached hydrogens (tertiary/aromatic N) is 2. The quantitative estimate of drug-likeness (QED) is 0.750. The van der Waals surface area contributed by atoms with E-state index in [1.165, 1.54) is 20.4 Å². The number of methoxy groups -OCH3 is 1. The SMILES string of the molecule is COC(=O)CCN(C)S(=O)(=O)Nc1cccnc1. The van der Waals surface area contributed by atoms with Crippen LogP contribution in [0.5, 0.6) is 0 Å². The lowest BCUT2D eigenvalue weighted by Gasteiger charge is -2.17. The van der Waals surface area contributed by atoms with E-state index in [-0.39, 0.29) is 13.0 Å². The third-order valence-corrected chi connectivity index (χ3v) is 3.67. The highest BCUT2D eigenvalue weighted by Crippen LogP contribution is 2.08. The summed E-state index contributed by atoms with van der Waals surface area (Å²) in [5.74, 6) is -0.460. The maximum atomic E-state index is 11.8. The molecule has 0 bridgehead atoms. The molecule has 100 valence electrons. The van der Waals surface area contributed by atoms with E-state index in [4.69, 9.17) is 0 Å². The Kier molecular flexibility index (Phi) is 5.05. The molecule has 1 heterocycles. The van der Waals surface area contributed by atoms with Crippen molar-refractivity contribution in [1.29, 1.82) is 0 Å². The lowest BCUT2D eigenvalue weighted by atomic mass is 10.4. The Morgan fingerprint density at radius 2 is 2.28 bits per heavy atom. The van der Waals surface area contributed by atoms with Crippen molar-refractivity contribution in [1.82, 2.24) is 9.29 Å². The Morgan fingerprint density at radius 3 is 2.83 bits per heavy atom. The van der Waals surface area contributed by atoms with Gasteiger partial charge in [-0.3, -0.25) is 14.5 Å². The number of aromatic nitrogens is 1. The number of carbonyl (C=O) groups is 1. The fourth-order valence-electron chi connectivity index (χ4n) is 1.12. The molecule has 0 spiro atoms. The molecule has 0 amide bonds. The van der Waals surface area contributed by atoms with Gasteiger partial charge in [0.2, 0.25) is 0 Å². The van der Waals surface area contributed by atoms with Crippen LogP contribution in [0.1, 0.15) is 6.42 Å². The standard InChI is InChI=1S/C10H15N3O4S/c1-13(7-5-10(14)17-2)18(15,16)12-9-4-3-6-11-8-9/h3-4,6,8,12H,5,7H2,1-2H3. The number of hydrogen-bond donors (Lipinski definition) is 1. The highest BCUT2D eigenvalue weighted by molar-refractivity contribution is 7.90. The minimum Gasteiger partial charge on any atom is -0.469 e. The Bertz CT molecular complexity index is 489. The van der Waals surface area contributed by atoms with Gasteiger partial charge in [-0.15, -0.1) is 0 Å². The molecule has 1 aromatic rings. The van der Waals surface area contributed by atoms with Gasteiger partial charge in [0.05, 0.1) is 25.4 Å². The monoisotopic (exact) mass is 273 g/mol. The predicted molar refractivity (Wildman–Crippen MR) is 66.0 cm³/mol. The van der Waals surface area contributed by atoms with Gasteiger partial charge < -0.3 is 4.74 Å². The Labute approximate surface area is 106 Å². The van der Waals surface area contributed by atoms with Gasteiger partial charge in [-0.2, -0.15) is 12.7 Å². The van der Waals surface area contributed by atoms with E-state index < -0.39 is 16.2 Å². The van der Waals surface area contributed by atoms with E-state index >= 15 is 0 Å². The van der Waals surface area contributed by atoms with Crippen LogP contribution in [0.4, 0.5) is 5.69 Å². The van der Waals surface area contributed by atoms with Crippen LogP contribution >= 0.6 is 0 Å². The van der Waals surface area contributed by atoms with Crippen molar-refractivity contribution >= 4 is 21.9 Å². The number of esters is 1. The molecule has 0 aliphatic carbocycles. The number of carbonyl (C=O) groups excluding carboxylic acids is 1. The summed E-state index contributed by atoms with van der Waals surface area (Å²) in [6.45, 7) is 0.0439. The molecule has 0 unspecified atom stereocenters. The maximum absolute atomic E-state index is 11.8. The van der Waals surface area contributed by atoms with Crippen LogP contribution < -0.4 is 4.72 Å². The molecule has 1 rings (SSSR count). The van der Waals surface area contributed by atoms with Crippen LogP contribution in [0.2, 0.25) is 0 Å². The summed E-state index contributed by atoms with van der Waals surface area (Å²) < 4.78 is 31.5. The molecule has 0 aromatic carbocycles. The predicted octanol–water partition coefficient (Wildman–Crippen LogP) is 0.233. The fraction of sp³-hybridized carbons (Fsp3) is 0.400. The van der Waals surface area contributed by atoms with Crippen LogP contribution in [0.15, 0.2) is 24.5 Å². The maximum Gasteiger partial charge on any atom is 0.306 e. The van der Waals surface area contributed by atoms with Gasteiger partial charge in [-0.1, -0.05) is 0 Å². The van der Waals surface area contributed by atoms with Crippen LogP contribution in [0.25, 0.3) is 0 Å². The van der Waals surface area contributed by atoms with E-state index in [2.05, 4.69) is 14.4 Å². The van der Waals surface area contributed by atoms with Crippen molar-refractivity contribution in [2.75, 3.05) is 25.4 Å². The van der Waals surface area contributed by atoms with Gasteiger partial charge in [0, 0.05) is 19.8 Å². The first-order valence-corrected chi connectivity index (χ1v) is 6.60. The molecule has 1 N–H and O–H groups in total. The molecule has 0 fully saturated rings. The molecule has 0 radical (unpaired) electrons. The first-order valence-electron chi connectivity index (χ1n) is 5.16. The summed E-state index contributed by atoms with van der Waals surface area (Å²) >= 11 is 0. The molecular weight excluding hydrogens is 258 g/mol. The lowest BCUT2D eigenvalue weighted by molar-refractivity contribution is -0.140. The second kappa shape index (κ2) is 6.31. The minimum absolute atomic E-state index is 0.000942. The summed E-state index contributed by atoms with van der Waals surface area (Å²) in [4.78, 5) is 14.7. The third-order valence-electron chi connectivity index (χ3n) is 2.18. The number of pyridine rings is 1. The zero-order valence-electron chi connectivity index (χ0n) is 10.2. The van der Waals surface area contributed by atoms with Gasteiger partial charge in [0.1, 0.15) is 0 Å². The van der Waals surface area contributed by atoms with Gasteiger partial charge in [-0.25, -0.2) is 0 Å². The van der Waals surface area contributed by atoms with Crippen molar-refractivity contribution in [3.8, 4) is 0 Å². The third kappa shape index (κ3) is 4.30. The number of nitrogens with one attached hydrogen (secondary N) is 1. The lowest BCUT2D eigenvalue weighted by Crippen LogP contribution is -2.34. The Balaban J connectivity index is 2.61. The molecule has 0 aliphatic rings. The molecule has 0 aliphatic heterocycles. The van der Waals surface area contributed by atoms with E-state index in [9.17, 15) is 13.2 Å². The zero-order chi connectivity index (χ0) is 13.6. The van der Waals surface area contributed by atoms with Crippen LogP contribution in [0, 0.1) is 0 Å². The van der Waals surface area contributed by atoms with Crippen molar-refractivity contribution in [3.63, 3.8) is 0 Å². The van der Waals surface area contributed by atoms with Gasteiger partial charge in [-0.05, 0) is 12.1 Å². The fourth-order valence-corrected chi connectivity index (χ4v) is 2.03. The van der Waals surface area contributed by atoms with E-state index in [1.54, 1.807) is 18.3 Å². The highest BCUT2D eigenvalue weighted by atomic mass is 32.2. The summed E-state index contributed by atoms with van der Waals surface area (Å²) in [5, 5.41) is 0. The molecule has 18 heavy (non-hydrogen) atoms. The van der Waals surface area contributed by atoms with E-state index in [0.29, 0.717) is 5.69 Å². The molecular formula is C10H15N3O4S. The average molecular weight is 273 g/mol.